The van der Waals surface area contributed by atoms with E-state index >= 15 is 0 Å². The molecule has 0 saturated carbocycles. The molecule has 0 radical (unpaired) electrons. The Bertz CT molecular complexity index is 319. The summed E-state index contributed by atoms with van der Waals surface area (Å²) in [6, 6.07) is 10.6. The van der Waals surface area contributed by atoms with Gasteiger partial charge in [0.25, 0.3) is 0 Å². The monoisotopic (exact) mass is 202 g/mol. The van der Waals surface area contributed by atoms with Crippen molar-refractivity contribution >= 4 is 5.69 Å². The maximum absolute atomic E-state index is 8.38. The highest BCUT2D eigenvalue weighted by atomic mass is 14.9. The van der Waals surface area contributed by atoms with Gasteiger partial charge in [-0.25, -0.2) is 0 Å². The van der Waals surface area contributed by atoms with E-state index < -0.39 is 0 Å². The SMILES string of the molecule is CC(C)c1ccc(NCCCC#N)cc1. The second-order valence-corrected chi connectivity index (χ2v) is 3.97. The Hall–Kier alpha value is -1.49. The van der Waals surface area contributed by atoms with Crippen molar-refractivity contribution in [3.8, 4) is 6.07 Å². The lowest BCUT2D eigenvalue weighted by Crippen LogP contribution is -2.00. The van der Waals surface area contributed by atoms with Crippen LogP contribution in [0.5, 0.6) is 0 Å². The van der Waals surface area contributed by atoms with Gasteiger partial charge in [-0.15, -0.1) is 0 Å². The molecule has 2 nitrogen and oxygen atoms in total. The van der Waals surface area contributed by atoms with Crippen LogP contribution in [-0.4, -0.2) is 6.54 Å². The first-order valence-electron chi connectivity index (χ1n) is 5.45. The van der Waals surface area contributed by atoms with E-state index in [1.54, 1.807) is 0 Å². The van der Waals surface area contributed by atoms with Gasteiger partial charge in [0.2, 0.25) is 0 Å². The summed E-state index contributed by atoms with van der Waals surface area (Å²) in [4.78, 5) is 0. The second kappa shape index (κ2) is 6.08. The summed E-state index contributed by atoms with van der Waals surface area (Å²) in [5, 5.41) is 11.7. The van der Waals surface area contributed by atoms with Crippen LogP contribution in [0.4, 0.5) is 5.69 Å². The fraction of sp³-hybridized carbons (Fsp3) is 0.462. The number of benzene rings is 1. The molecule has 0 atom stereocenters. The van der Waals surface area contributed by atoms with Crippen LogP contribution in [0.3, 0.4) is 0 Å². The minimum Gasteiger partial charge on any atom is -0.385 e. The van der Waals surface area contributed by atoms with Crippen LogP contribution in [0, 0.1) is 11.3 Å². The molecule has 1 rings (SSSR count). The highest BCUT2D eigenvalue weighted by molar-refractivity contribution is 5.44. The highest BCUT2D eigenvalue weighted by Gasteiger charge is 1.97. The van der Waals surface area contributed by atoms with Crippen molar-refractivity contribution in [2.45, 2.75) is 32.6 Å². The van der Waals surface area contributed by atoms with E-state index in [0.717, 1.165) is 18.7 Å². The first-order valence-corrected chi connectivity index (χ1v) is 5.45. The molecule has 1 N–H and O–H groups in total. The number of hydrogen-bond donors (Lipinski definition) is 1. The van der Waals surface area contributed by atoms with Gasteiger partial charge >= 0.3 is 0 Å². The van der Waals surface area contributed by atoms with E-state index in [0.29, 0.717) is 12.3 Å². The van der Waals surface area contributed by atoms with Crippen molar-refractivity contribution in [3.63, 3.8) is 0 Å². The number of rotatable bonds is 5. The molecule has 0 aromatic heterocycles. The molecule has 0 unspecified atom stereocenters. The Kier molecular flexibility index (Phi) is 4.70. The third-order valence-electron chi connectivity index (χ3n) is 2.37. The summed E-state index contributed by atoms with van der Waals surface area (Å²) in [5.41, 5.74) is 2.50. The lowest BCUT2D eigenvalue weighted by molar-refractivity contribution is 0.865. The van der Waals surface area contributed by atoms with Crippen LogP contribution in [0.2, 0.25) is 0 Å². The molecule has 15 heavy (non-hydrogen) atoms. The Morgan fingerprint density at radius 2 is 1.93 bits per heavy atom. The van der Waals surface area contributed by atoms with Crippen molar-refractivity contribution < 1.29 is 0 Å². The van der Waals surface area contributed by atoms with Crippen LogP contribution in [-0.2, 0) is 0 Å². The zero-order valence-electron chi connectivity index (χ0n) is 9.46. The van der Waals surface area contributed by atoms with Crippen molar-refractivity contribution in [1.82, 2.24) is 0 Å². The molecular weight excluding hydrogens is 184 g/mol. The molecule has 0 aliphatic carbocycles. The normalized spacial score (nSPS) is 10.0. The Balaban J connectivity index is 2.40. The summed E-state index contributed by atoms with van der Waals surface area (Å²) in [5.74, 6) is 0.581. The Labute approximate surface area is 91.9 Å². The molecule has 1 aromatic rings. The summed E-state index contributed by atoms with van der Waals surface area (Å²) in [6.45, 7) is 5.25. The molecule has 0 spiro atoms. The number of nitrogens with one attached hydrogen (secondary N) is 1. The molecule has 0 amide bonds. The first-order chi connectivity index (χ1) is 7.24. The van der Waals surface area contributed by atoms with Gasteiger partial charge in [-0.3, -0.25) is 0 Å². The fourth-order valence-corrected chi connectivity index (χ4v) is 1.39. The summed E-state index contributed by atoms with van der Waals surface area (Å²) in [6.07, 6.45) is 1.53. The largest absolute Gasteiger partial charge is 0.385 e. The number of nitrogens with zero attached hydrogens (tertiary/aromatic N) is 1. The van der Waals surface area contributed by atoms with Gasteiger partial charge in [-0.2, -0.15) is 5.26 Å². The van der Waals surface area contributed by atoms with Crippen LogP contribution in [0.25, 0.3) is 0 Å². The summed E-state index contributed by atoms with van der Waals surface area (Å²) in [7, 11) is 0. The number of nitriles is 1. The van der Waals surface area contributed by atoms with Gasteiger partial charge in [-0.05, 0) is 30.0 Å². The average molecular weight is 202 g/mol. The molecular formula is C13H18N2. The molecule has 2 heteroatoms. The van der Waals surface area contributed by atoms with Gasteiger partial charge < -0.3 is 5.32 Å². The second-order valence-electron chi connectivity index (χ2n) is 3.97. The number of anilines is 1. The third-order valence-corrected chi connectivity index (χ3v) is 2.37. The summed E-state index contributed by atoms with van der Waals surface area (Å²) >= 11 is 0. The van der Waals surface area contributed by atoms with Crippen LogP contribution >= 0.6 is 0 Å². The lowest BCUT2D eigenvalue weighted by atomic mass is 10.0. The molecule has 80 valence electrons. The third kappa shape index (κ3) is 4.03. The predicted molar refractivity (Wildman–Crippen MR) is 63.9 cm³/mol. The fourth-order valence-electron chi connectivity index (χ4n) is 1.39. The standard InChI is InChI=1S/C13H18N2/c1-11(2)12-5-7-13(8-6-12)15-10-4-3-9-14/h5-8,11,15H,3-4,10H2,1-2H3. The zero-order chi connectivity index (χ0) is 11.1. The topological polar surface area (TPSA) is 35.8 Å². The van der Waals surface area contributed by atoms with Gasteiger partial charge in [0.05, 0.1) is 6.07 Å². The molecule has 0 aliphatic heterocycles. The molecule has 0 saturated heterocycles. The zero-order valence-corrected chi connectivity index (χ0v) is 9.46. The maximum Gasteiger partial charge on any atom is 0.0622 e. The molecule has 0 bridgehead atoms. The quantitative estimate of drug-likeness (QED) is 0.741. The van der Waals surface area contributed by atoms with E-state index in [2.05, 4.69) is 49.5 Å². The van der Waals surface area contributed by atoms with E-state index in [-0.39, 0.29) is 0 Å². The van der Waals surface area contributed by atoms with Gasteiger partial charge in [0, 0.05) is 18.7 Å². The van der Waals surface area contributed by atoms with Crippen LogP contribution < -0.4 is 5.32 Å². The molecule has 0 heterocycles. The molecule has 0 aliphatic rings. The lowest BCUT2D eigenvalue weighted by Gasteiger charge is -2.08. The van der Waals surface area contributed by atoms with Gasteiger partial charge in [0.1, 0.15) is 0 Å². The minimum absolute atomic E-state index is 0.581. The highest BCUT2D eigenvalue weighted by Crippen LogP contribution is 2.16. The van der Waals surface area contributed by atoms with Crippen LogP contribution in [0.15, 0.2) is 24.3 Å². The van der Waals surface area contributed by atoms with E-state index in [1.165, 1.54) is 5.56 Å². The van der Waals surface area contributed by atoms with E-state index in [9.17, 15) is 0 Å². The predicted octanol–water partition coefficient (Wildman–Crippen LogP) is 3.53. The Morgan fingerprint density at radius 1 is 1.27 bits per heavy atom. The van der Waals surface area contributed by atoms with Crippen molar-refractivity contribution in [1.29, 1.82) is 5.26 Å². The van der Waals surface area contributed by atoms with Crippen molar-refractivity contribution in [2.75, 3.05) is 11.9 Å². The van der Waals surface area contributed by atoms with E-state index in [4.69, 9.17) is 5.26 Å². The van der Waals surface area contributed by atoms with Crippen molar-refractivity contribution in [2.24, 2.45) is 0 Å². The molecule has 0 fully saturated rings. The summed E-state index contributed by atoms with van der Waals surface area (Å²) < 4.78 is 0. The smallest absolute Gasteiger partial charge is 0.0622 e. The number of unbranched alkanes of at least 4 members (excludes halogenated alkanes) is 1. The Morgan fingerprint density at radius 3 is 2.47 bits per heavy atom. The van der Waals surface area contributed by atoms with Crippen LogP contribution in [0.1, 0.15) is 38.2 Å². The van der Waals surface area contributed by atoms with Crippen molar-refractivity contribution in [3.05, 3.63) is 29.8 Å². The maximum atomic E-state index is 8.38. The van der Waals surface area contributed by atoms with Gasteiger partial charge in [0.15, 0.2) is 0 Å². The van der Waals surface area contributed by atoms with E-state index in [1.807, 2.05) is 0 Å². The first kappa shape index (κ1) is 11.6. The number of hydrogen-bond acceptors (Lipinski definition) is 2. The van der Waals surface area contributed by atoms with Gasteiger partial charge in [-0.1, -0.05) is 26.0 Å². The molecule has 1 aromatic carbocycles. The average Bonchev–Trinajstić information content (AvgIpc) is 2.25. The minimum atomic E-state index is 0.581.